The van der Waals surface area contributed by atoms with E-state index in [-0.39, 0.29) is 5.97 Å². The lowest BCUT2D eigenvalue weighted by molar-refractivity contribution is -0.130. The number of carbonyl (C=O) groups excluding carboxylic acids is 1. The molecule has 1 aliphatic heterocycles. The number of ether oxygens (including phenoxy) is 1. The quantitative estimate of drug-likeness (QED) is 0.441. The Kier molecular flexibility index (Phi) is 4.90. The normalized spacial score (nSPS) is 16.6. The summed E-state index contributed by atoms with van der Waals surface area (Å²) in [6.07, 6.45) is 7.52. The summed E-state index contributed by atoms with van der Waals surface area (Å²) in [5.41, 5.74) is 1.28. The third kappa shape index (κ3) is 3.78. The standard InChI is InChI=1S/C16H19NO2/c1-2-3-4-5-9-12-14-16(18)19-15(17-14)13-10-7-6-8-11-13/h6-8,10-12H,2-5,9H2,1H3/b14-12+. The highest BCUT2D eigenvalue weighted by atomic mass is 16.6. The Morgan fingerprint density at radius 3 is 2.68 bits per heavy atom. The number of nitrogens with zero attached hydrogens (tertiary/aromatic N) is 1. The Morgan fingerprint density at radius 1 is 1.16 bits per heavy atom. The van der Waals surface area contributed by atoms with Gasteiger partial charge in [0.1, 0.15) is 5.70 Å². The van der Waals surface area contributed by atoms with E-state index < -0.39 is 0 Å². The molecule has 1 heterocycles. The SMILES string of the molecule is CCCCCC/C=C1/N=C(c2ccccc2)OC1=O. The van der Waals surface area contributed by atoms with Gasteiger partial charge in [-0.2, -0.15) is 0 Å². The zero-order valence-electron chi connectivity index (χ0n) is 11.3. The molecule has 0 saturated carbocycles. The molecule has 1 aliphatic rings. The summed E-state index contributed by atoms with van der Waals surface area (Å²) in [4.78, 5) is 15.9. The molecule has 100 valence electrons. The summed E-state index contributed by atoms with van der Waals surface area (Å²) in [6, 6.07) is 9.49. The average molecular weight is 257 g/mol. The van der Waals surface area contributed by atoms with Crippen molar-refractivity contribution in [3.63, 3.8) is 0 Å². The molecule has 0 spiro atoms. The van der Waals surface area contributed by atoms with Crippen LogP contribution in [-0.4, -0.2) is 11.9 Å². The molecule has 0 saturated heterocycles. The highest BCUT2D eigenvalue weighted by molar-refractivity contribution is 6.11. The molecule has 3 nitrogen and oxygen atoms in total. The average Bonchev–Trinajstić information content (AvgIpc) is 2.81. The number of aliphatic imine (C=N–C) groups is 1. The third-order valence-corrected chi connectivity index (χ3v) is 3.04. The first kappa shape index (κ1) is 13.5. The molecular formula is C16H19NO2. The Morgan fingerprint density at radius 2 is 1.95 bits per heavy atom. The Balaban J connectivity index is 1.97. The van der Waals surface area contributed by atoms with Crippen LogP contribution in [0.4, 0.5) is 0 Å². The Bertz CT molecular complexity index is 489. The lowest BCUT2D eigenvalue weighted by atomic mass is 10.1. The molecule has 0 amide bonds. The minimum absolute atomic E-state index is 0.339. The monoisotopic (exact) mass is 257 g/mol. The maximum atomic E-state index is 11.7. The fourth-order valence-electron chi connectivity index (χ4n) is 1.96. The van der Waals surface area contributed by atoms with Crippen LogP contribution in [0.25, 0.3) is 0 Å². The van der Waals surface area contributed by atoms with Crippen molar-refractivity contribution >= 4 is 11.9 Å². The molecule has 3 heteroatoms. The summed E-state index contributed by atoms with van der Waals surface area (Å²) >= 11 is 0. The molecule has 1 aromatic rings. The van der Waals surface area contributed by atoms with Crippen molar-refractivity contribution in [2.45, 2.75) is 39.0 Å². The molecular weight excluding hydrogens is 238 g/mol. The lowest BCUT2D eigenvalue weighted by Gasteiger charge is -1.97. The van der Waals surface area contributed by atoms with Crippen molar-refractivity contribution in [2.24, 2.45) is 4.99 Å². The van der Waals surface area contributed by atoms with Gasteiger partial charge in [-0.25, -0.2) is 9.79 Å². The number of rotatable bonds is 6. The number of benzene rings is 1. The zero-order chi connectivity index (χ0) is 13.5. The van der Waals surface area contributed by atoms with E-state index in [1.165, 1.54) is 19.3 Å². The van der Waals surface area contributed by atoms with E-state index in [4.69, 9.17) is 4.74 Å². The summed E-state index contributed by atoms with van der Waals surface area (Å²) in [6.45, 7) is 2.18. The van der Waals surface area contributed by atoms with Crippen LogP contribution in [0.2, 0.25) is 0 Å². The molecule has 0 N–H and O–H groups in total. The van der Waals surface area contributed by atoms with Crippen molar-refractivity contribution in [3.05, 3.63) is 47.7 Å². The van der Waals surface area contributed by atoms with Crippen molar-refractivity contribution in [1.82, 2.24) is 0 Å². The minimum Gasteiger partial charge on any atom is -0.402 e. The summed E-state index contributed by atoms with van der Waals surface area (Å²) in [5, 5.41) is 0. The Labute approximate surface area is 114 Å². The van der Waals surface area contributed by atoms with Crippen LogP contribution in [0.1, 0.15) is 44.6 Å². The number of unbranched alkanes of at least 4 members (excludes halogenated alkanes) is 4. The second-order valence-electron chi connectivity index (χ2n) is 4.61. The predicted octanol–water partition coefficient (Wildman–Crippen LogP) is 3.84. The first-order valence-electron chi connectivity index (χ1n) is 6.87. The van der Waals surface area contributed by atoms with Crippen LogP contribution >= 0.6 is 0 Å². The van der Waals surface area contributed by atoms with Gasteiger partial charge in [0, 0.05) is 5.56 Å². The van der Waals surface area contributed by atoms with Gasteiger partial charge in [0.25, 0.3) is 0 Å². The molecule has 1 aromatic carbocycles. The fourth-order valence-corrected chi connectivity index (χ4v) is 1.96. The molecule has 0 aliphatic carbocycles. The van der Waals surface area contributed by atoms with Crippen molar-refractivity contribution in [1.29, 1.82) is 0 Å². The van der Waals surface area contributed by atoms with E-state index in [9.17, 15) is 4.79 Å². The number of cyclic esters (lactones) is 1. The van der Waals surface area contributed by atoms with E-state index in [0.29, 0.717) is 11.6 Å². The molecule has 2 rings (SSSR count). The van der Waals surface area contributed by atoms with Gasteiger partial charge >= 0.3 is 5.97 Å². The highest BCUT2D eigenvalue weighted by Crippen LogP contribution is 2.17. The van der Waals surface area contributed by atoms with Crippen LogP contribution in [0, 0.1) is 0 Å². The molecule has 0 fully saturated rings. The van der Waals surface area contributed by atoms with Gasteiger partial charge in [-0.05, 0) is 25.0 Å². The molecule has 0 radical (unpaired) electrons. The van der Waals surface area contributed by atoms with Crippen molar-refractivity contribution < 1.29 is 9.53 Å². The van der Waals surface area contributed by atoms with Crippen molar-refractivity contribution in [2.75, 3.05) is 0 Å². The number of carbonyl (C=O) groups is 1. The first-order chi connectivity index (χ1) is 9.31. The molecule has 0 bridgehead atoms. The van der Waals surface area contributed by atoms with Gasteiger partial charge < -0.3 is 4.74 Å². The number of hydrogen-bond donors (Lipinski definition) is 0. The van der Waals surface area contributed by atoms with Crippen LogP contribution in [0.3, 0.4) is 0 Å². The van der Waals surface area contributed by atoms with Gasteiger partial charge in [-0.15, -0.1) is 0 Å². The summed E-state index contributed by atoms with van der Waals surface area (Å²) < 4.78 is 5.18. The second-order valence-corrected chi connectivity index (χ2v) is 4.61. The second kappa shape index (κ2) is 6.88. The molecule has 0 atom stereocenters. The van der Waals surface area contributed by atoms with E-state index in [1.807, 2.05) is 36.4 Å². The van der Waals surface area contributed by atoms with Crippen LogP contribution in [0.5, 0.6) is 0 Å². The molecule has 19 heavy (non-hydrogen) atoms. The van der Waals surface area contributed by atoms with Crippen LogP contribution < -0.4 is 0 Å². The maximum absolute atomic E-state index is 11.7. The van der Waals surface area contributed by atoms with E-state index >= 15 is 0 Å². The van der Waals surface area contributed by atoms with Crippen LogP contribution in [-0.2, 0) is 9.53 Å². The fraction of sp³-hybridized carbons (Fsp3) is 0.375. The first-order valence-corrected chi connectivity index (χ1v) is 6.87. The van der Waals surface area contributed by atoms with Gasteiger partial charge in [0.05, 0.1) is 0 Å². The van der Waals surface area contributed by atoms with Gasteiger partial charge in [0.15, 0.2) is 0 Å². The zero-order valence-corrected chi connectivity index (χ0v) is 11.3. The van der Waals surface area contributed by atoms with Crippen LogP contribution in [0.15, 0.2) is 47.1 Å². The lowest BCUT2D eigenvalue weighted by Crippen LogP contribution is -2.04. The summed E-state index contributed by atoms with van der Waals surface area (Å²) in [7, 11) is 0. The molecule has 0 aromatic heterocycles. The third-order valence-electron chi connectivity index (χ3n) is 3.04. The van der Waals surface area contributed by atoms with Crippen molar-refractivity contribution in [3.8, 4) is 0 Å². The molecule has 0 unspecified atom stereocenters. The predicted molar refractivity (Wildman–Crippen MR) is 75.9 cm³/mol. The van der Waals surface area contributed by atoms with E-state index in [0.717, 1.165) is 18.4 Å². The number of allylic oxidation sites excluding steroid dienone is 1. The van der Waals surface area contributed by atoms with E-state index in [2.05, 4.69) is 11.9 Å². The number of hydrogen-bond acceptors (Lipinski definition) is 3. The van der Waals surface area contributed by atoms with E-state index in [1.54, 1.807) is 0 Å². The minimum atomic E-state index is -0.339. The number of esters is 1. The maximum Gasteiger partial charge on any atom is 0.363 e. The largest absolute Gasteiger partial charge is 0.402 e. The van der Waals surface area contributed by atoms with Gasteiger partial charge in [-0.1, -0.05) is 50.5 Å². The highest BCUT2D eigenvalue weighted by Gasteiger charge is 2.23. The Hall–Kier alpha value is -1.90. The summed E-state index contributed by atoms with van der Waals surface area (Å²) in [5.74, 6) is 0.0692. The van der Waals surface area contributed by atoms with Gasteiger partial charge in [0.2, 0.25) is 5.90 Å². The smallest absolute Gasteiger partial charge is 0.363 e. The topological polar surface area (TPSA) is 38.7 Å². The van der Waals surface area contributed by atoms with Gasteiger partial charge in [-0.3, -0.25) is 0 Å².